The van der Waals surface area contributed by atoms with Crippen molar-refractivity contribution >= 4 is 19.4 Å². The quantitative estimate of drug-likeness (QED) is 0.734. The SMILES string of the molecule is CC(C)(C)c1ccccc1[SiH]([O])c1ccccc1. The Balaban J connectivity index is 2.46. The summed E-state index contributed by atoms with van der Waals surface area (Å²) in [7, 11) is -2.31. The molecule has 0 aromatic heterocycles. The molecule has 0 amide bonds. The van der Waals surface area contributed by atoms with Gasteiger partial charge >= 0.3 is 0 Å². The van der Waals surface area contributed by atoms with Crippen LogP contribution >= 0.6 is 0 Å². The molecule has 0 aliphatic heterocycles. The lowest BCUT2D eigenvalue weighted by molar-refractivity contribution is 0.469. The van der Waals surface area contributed by atoms with Crippen LogP contribution in [0.25, 0.3) is 0 Å². The maximum absolute atomic E-state index is 12.7. The van der Waals surface area contributed by atoms with Gasteiger partial charge in [0.2, 0.25) is 0 Å². The molecule has 1 radical (unpaired) electrons. The molecule has 0 N–H and O–H groups in total. The molecule has 1 atom stereocenters. The van der Waals surface area contributed by atoms with Gasteiger partial charge in [0.05, 0.1) is 0 Å². The Bertz CT molecular complexity index is 514. The van der Waals surface area contributed by atoms with E-state index >= 15 is 0 Å². The van der Waals surface area contributed by atoms with Crippen LogP contribution in [0.2, 0.25) is 0 Å². The van der Waals surface area contributed by atoms with E-state index in [1.165, 1.54) is 5.56 Å². The van der Waals surface area contributed by atoms with Gasteiger partial charge in [-0.05, 0) is 21.4 Å². The van der Waals surface area contributed by atoms with Crippen LogP contribution in [-0.4, -0.2) is 9.04 Å². The van der Waals surface area contributed by atoms with Crippen LogP contribution < -0.4 is 10.4 Å². The Morgan fingerprint density at radius 3 is 2.00 bits per heavy atom. The lowest BCUT2D eigenvalue weighted by Gasteiger charge is -2.24. The van der Waals surface area contributed by atoms with Crippen molar-refractivity contribution in [1.29, 1.82) is 0 Å². The summed E-state index contributed by atoms with van der Waals surface area (Å²) in [5.74, 6) is 0. The predicted molar refractivity (Wildman–Crippen MR) is 78.7 cm³/mol. The van der Waals surface area contributed by atoms with E-state index < -0.39 is 9.04 Å². The van der Waals surface area contributed by atoms with E-state index in [0.29, 0.717) is 0 Å². The molecule has 0 aliphatic rings. The molecule has 2 rings (SSSR count). The van der Waals surface area contributed by atoms with Crippen molar-refractivity contribution in [1.82, 2.24) is 0 Å². The molecule has 0 spiro atoms. The van der Waals surface area contributed by atoms with E-state index in [0.717, 1.165) is 10.4 Å². The lowest BCUT2D eigenvalue weighted by Crippen LogP contribution is -2.44. The average Bonchev–Trinajstić information content (AvgIpc) is 2.38. The third kappa shape index (κ3) is 2.71. The molecule has 1 nitrogen and oxygen atoms in total. The highest BCUT2D eigenvalue weighted by molar-refractivity contribution is 6.79. The molecule has 0 fully saturated rings. The standard InChI is InChI=1S/C16H19OSi/c1-16(2,3)14-11-7-8-12-15(14)18(17)13-9-5-4-6-10-13/h4-12,18H,1-3H3. The summed E-state index contributed by atoms with van der Waals surface area (Å²) < 4.78 is 0. The first-order valence-electron chi connectivity index (χ1n) is 6.30. The van der Waals surface area contributed by atoms with Crippen molar-refractivity contribution in [2.75, 3.05) is 0 Å². The maximum atomic E-state index is 12.7. The highest BCUT2D eigenvalue weighted by Crippen LogP contribution is 2.20. The number of benzene rings is 2. The summed E-state index contributed by atoms with van der Waals surface area (Å²) in [6.07, 6.45) is 0. The number of rotatable bonds is 2. The summed E-state index contributed by atoms with van der Waals surface area (Å²) in [6, 6.07) is 17.9. The molecule has 0 saturated carbocycles. The molecular weight excluding hydrogens is 236 g/mol. The first-order valence-corrected chi connectivity index (χ1v) is 7.93. The van der Waals surface area contributed by atoms with Crippen LogP contribution in [0.15, 0.2) is 54.6 Å². The van der Waals surface area contributed by atoms with Crippen molar-refractivity contribution in [2.45, 2.75) is 26.2 Å². The van der Waals surface area contributed by atoms with E-state index in [2.05, 4.69) is 26.8 Å². The van der Waals surface area contributed by atoms with E-state index in [9.17, 15) is 4.80 Å². The zero-order valence-electron chi connectivity index (χ0n) is 11.2. The second-order valence-electron chi connectivity index (χ2n) is 5.63. The Morgan fingerprint density at radius 2 is 1.39 bits per heavy atom. The minimum Gasteiger partial charge on any atom is -0.290 e. The molecular formula is C16H19OSi. The first-order chi connectivity index (χ1) is 8.50. The van der Waals surface area contributed by atoms with Crippen molar-refractivity contribution in [3.8, 4) is 0 Å². The Morgan fingerprint density at radius 1 is 0.833 bits per heavy atom. The molecule has 0 heterocycles. The van der Waals surface area contributed by atoms with E-state index in [1.807, 2.05) is 48.5 Å². The van der Waals surface area contributed by atoms with Gasteiger partial charge in [-0.2, -0.15) is 0 Å². The monoisotopic (exact) mass is 255 g/mol. The lowest BCUT2D eigenvalue weighted by atomic mass is 9.87. The second-order valence-corrected chi connectivity index (χ2v) is 7.68. The molecule has 2 aromatic rings. The minimum atomic E-state index is -2.31. The van der Waals surface area contributed by atoms with Gasteiger partial charge in [-0.1, -0.05) is 75.4 Å². The van der Waals surface area contributed by atoms with Gasteiger partial charge in [-0.25, -0.2) is 0 Å². The number of hydrogen-bond donors (Lipinski definition) is 0. The van der Waals surface area contributed by atoms with E-state index in [4.69, 9.17) is 0 Å². The average molecular weight is 255 g/mol. The smallest absolute Gasteiger partial charge is 0.284 e. The highest BCUT2D eigenvalue weighted by atomic mass is 28.3. The Hall–Kier alpha value is -1.38. The van der Waals surface area contributed by atoms with Gasteiger partial charge in [0.1, 0.15) is 0 Å². The molecule has 1 unspecified atom stereocenters. The molecule has 0 saturated heterocycles. The molecule has 0 bridgehead atoms. The van der Waals surface area contributed by atoms with Gasteiger partial charge in [-0.3, -0.25) is 4.80 Å². The summed E-state index contributed by atoms with van der Waals surface area (Å²) in [5.41, 5.74) is 1.22. The summed E-state index contributed by atoms with van der Waals surface area (Å²) in [6.45, 7) is 6.49. The zero-order chi connectivity index (χ0) is 13.2. The van der Waals surface area contributed by atoms with Crippen LogP contribution in [0, 0.1) is 0 Å². The van der Waals surface area contributed by atoms with E-state index in [-0.39, 0.29) is 5.41 Å². The van der Waals surface area contributed by atoms with Crippen molar-refractivity contribution in [3.63, 3.8) is 0 Å². The fourth-order valence-corrected chi connectivity index (χ4v) is 4.24. The van der Waals surface area contributed by atoms with Gasteiger partial charge < -0.3 is 0 Å². The molecule has 2 heteroatoms. The van der Waals surface area contributed by atoms with Crippen LogP contribution in [0.5, 0.6) is 0 Å². The normalized spacial score (nSPS) is 13.3. The molecule has 2 aromatic carbocycles. The Kier molecular flexibility index (Phi) is 3.69. The highest BCUT2D eigenvalue weighted by Gasteiger charge is 2.24. The van der Waals surface area contributed by atoms with Crippen LogP contribution in [0.3, 0.4) is 0 Å². The van der Waals surface area contributed by atoms with E-state index in [1.54, 1.807) is 0 Å². The predicted octanol–water partition coefficient (Wildman–Crippen LogP) is 2.25. The van der Waals surface area contributed by atoms with Crippen LogP contribution in [-0.2, 0) is 10.2 Å². The second kappa shape index (κ2) is 5.08. The third-order valence-corrected chi connectivity index (χ3v) is 5.21. The minimum absolute atomic E-state index is 0.0288. The van der Waals surface area contributed by atoms with Crippen molar-refractivity contribution in [2.24, 2.45) is 0 Å². The van der Waals surface area contributed by atoms with Crippen LogP contribution in [0.4, 0.5) is 0 Å². The summed E-state index contributed by atoms with van der Waals surface area (Å²) >= 11 is 0. The largest absolute Gasteiger partial charge is 0.290 e. The molecule has 93 valence electrons. The molecule has 0 aliphatic carbocycles. The fraction of sp³-hybridized carbons (Fsp3) is 0.250. The van der Waals surface area contributed by atoms with Gasteiger partial charge in [0.25, 0.3) is 9.04 Å². The van der Waals surface area contributed by atoms with Gasteiger partial charge in [-0.15, -0.1) is 0 Å². The third-order valence-electron chi connectivity index (χ3n) is 3.15. The van der Waals surface area contributed by atoms with Gasteiger partial charge in [0, 0.05) is 0 Å². The summed E-state index contributed by atoms with van der Waals surface area (Å²) in [5, 5.41) is 1.99. The van der Waals surface area contributed by atoms with Crippen LogP contribution in [0.1, 0.15) is 26.3 Å². The van der Waals surface area contributed by atoms with Crippen molar-refractivity contribution in [3.05, 3.63) is 60.2 Å². The fourth-order valence-electron chi connectivity index (χ4n) is 2.22. The molecule has 18 heavy (non-hydrogen) atoms. The van der Waals surface area contributed by atoms with Crippen molar-refractivity contribution < 1.29 is 4.80 Å². The summed E-state index contributed by atoms with van der Waals surface area (Å²) in [4.78, 5) is 12.7. The topological polar surface area (TPSA) is 19.9 Å². The van der Waals surface area contributed by atoms with Gasteiger partial charge in [0.15, 0.2) is 0 Å². The maximum Gasteiger partial charge on any atom is 0.284 e. The Labute approximate surface area is 111 Å². The zero-order valence-corrected chi connectivity index (χ0v) is 12.3. The number of hydrogen-bond acceptors (Lipinski definition) is 0. The first kappa shape index (κ1) is 13.1.